The van der Waals surface area contributed by atoms with Crippen LogP contribution in [0.1, 0.15) is 17.3 Å². The molecule has 2 aromatic carbocycles. The molecule has 3 rings (SSSR count). The van der Waals surface area contributed by atoms with Gasteiger partial charge in [-0.15, -0.1) is 0 Å². The second kappa shape index (κ2) is 8.90. The van der Waals surface area contributed by atoms with Crippen molar-refractivity contribution >= 4 is 34.7 Å². The highest BCUT2D eigenvalue weighted by Crippen LogP contribution is 2.33. The van der Waals surface area contributed by atoms with E-state index in [0.29, 0.717) is 11.8 Å². The molecule has 0 atom stereocenters. The number of benzene rings is 2. The van der Waals surface area contributed by atoms with Crippen molar-refractivity contribution in [2.24, 2.45) is 0 Å². The molecule has 3 aromatic rings. The van der Waals surface area contributed by atoms with Crippen LogP contribution in [0.2, 0.25) is 0 Å². The van der Waals surface area contributed by atoms with Crippen LogP contribution in [0.3, 0.4) is 0 Å². The van der Waals surface area contributed by atoms with Gasteiger partial charge in [0.05, 0.1) is 22.8 Å². The number of esters is 1. The molecule has 0 amide bonds. The number of halogens is 2. The first-order valence-corrected chi connectivity index (χ1v) is 8.64. The summed E-state index contributed by atoms with van der Waals surface area (Å²) in [5.41, 5.74) is -0.192. The number of hydrogen-bond acceptors (Lipinski definition) is 8. The number of carbonyl (C=O) groups is 1. The number of nitro groups is 1. The highest BCUT2D eigenvalue weighted by atomic mass is 19.1. The van der Waals surface area contributed by atoms with Gasteiger partial charge in [0, 0.05) is 11.8 Å². The first-order valence-electron chi connectivity index (χ1n) is 8.64. The summed E-state index contributed by atoms with van der Waals surface area (Å²) >= 11 is 0. The van der Waals surface area contributed by atoms with Crippen LogP contribution in [-0.2, 0) is 4.74 Å². The molecule has 0 saturated heterocycles. The van der Waals surface area contributed by atoms with E-state index in [1.807, 2.05) is 0 Å². The van der Waals surface area contributed by atoms with Crippen LogP contribution in [0, 0.1) is 21.7 Å². The van der Waals surface area contributed by atoms with Crippen molar-refractivity contribution in [3.05, 3.63) is 76.1 Å². The normalized spacial score (nSPS) is 10.4. The van der Waals surface area contributed by atoms with Crippen molar-refractivity contribution in [3.63, 3.8) is 0 Å². The fraction of sp³-hybridized carbons (Fsp3) is 0.105. The number of nitrogens with one attached hydrogen (secondary N) is 2. The third-order valence-electron chi connectivity index (χ3n) is 3.83. The summed E-state index contributed by atoms with van der Waals surface area (Å²) in [6, 6.07) is 8.83. The molecule has 11 heteroatoms. The second-order valence-electron chi connectivity index (χ2n) is 5.85. The smallest absolute Gasteiger partial charge is 0.353 e. The summed E-state index contributed by atoms with van der Waals surface area (Å²) in [5, 5.41) is 16.9. The predicted octanol–water partition coefficient (Wildman–Crippen LogP) is 4.33. The van der Waals surface area contributed by atoms with Gasteiger partial charge in [0.1, 0.15) is 18.0 Å². The summed E-state index contributed by atoms with van der Waals surface area (Å²) in [4.78, 5) is 30.4. The third-order valence-corrected chi connectivity index (χ3v) is 3.83. The number of rotatable bonds is 7. The zero-order chi connectivity index (χ0) is 21.7. The van der Waals surface area contributed by atoms with Crippen molar-refractivity contribution in [3.8, 4) is 0 Å². The molecule has 30 heavy (non-hydrogen) atoms. The SMILES string of the molecule is CCOC(=O)c1cccc(Nc2ncnc(Nc3ccc(F)cc3F)c2[N+](=O)[O-])c1. The van der Waals surface area contributed by atoms with Gasteiger partial charge >= 0.3 is 11.7 Å². The standard InChI is InChI=1S/C19H15F2N5O4/c1-2-30-19(27)11-4-3-5-13(8-11)24-17-16(26(28)29)18(23-10-22-17)25-15-7-6-12(20)9-14(15)21/h3-10H,2H2,1H3,(H2,22,23,24,25). The fourth-order valence-corrected chi connectivity index (χ4v) is 2.53. The summed E-state index contributed by atoms with van der Waals surface area (Å²) in [5.74, 6) is -2.78. The minimum absolute atomic E-state index is 0.193. The Balaban J connectivity index is 1.94. The lowest BCUT2D eigenvalue weighted by Gasteiger charge is -2.11. The molecule has 0 radical (unpaired) electrons. The maximum Gasteiger partial charge on any atom is 0.353 e. The van der Waals surface area contributed by atoms with Crippen molar-refractivity contribution in [1.29, 1.82) is 0 Å². The minimum atomic E-state index is -0.945. The average molecular weight is 415 g/mol. The van der Waals surface area contributed by atoms with Gasteiger partial charge in [-0.2, -0.15) is 0 Å². The Labute approximate surface area is 168 Å². The second-order valence-corrected chi connectivity index (χ2v) is 5.85. The molecule has 1 heterocycles. The molecule has 0 aliphatic heterocycles. The number of carbonyl (C=O) groups excluding carboxylic acids is 1. The quantitative estimate of drug-likeness (QED) is 0.332. The molecular weight excluding hydrogens is 400 g/mol. The Hall–Kier alpha value is -4.15. The largest absolute Gasteiger partial charge is 0.462 e. The molecule has 9 nitrogen and oxygen atoms in total. The maximum absolute atomic E-state index is 13.9. The van der Waals surface area contributed by atoms with Crippen LogP contribution in [0.4, 0.5) is 37.5 Å². The van der Waals surface area contributed by atoms with Gasteiger partial charge < -0.3 is 15.4 Å². The number of aromatic nitrogens is 2. The number of hydrogen-bond donors (Lipinski definition) is 2. The predicted molar refractivity (Wildman–Crippen MR) is 104 cm³/mol. The van der Waals surface area contributed by atoms with E-state index in [2.05, 4.69) is 20.6 Å². The van der Waals surface area contributed by atoms with Gasteiger partial charge in [-0.1, -0.05) is 6.07 Å². The molecule has 1 aromatic heterocycles. The van der Waals surface area contributed by atoms with Crippen molar-refractivity contribution in [2.45, 2.75) is 6.92 Å². The van der Waals surface area contributed by atoms with Crippen LogP contribution in [-0.4, -0.2) is 27.5 Å². The molecule has 154 valence electrons. The Morgan fingerprint density at radius 1 is 1.13 bits per heavy atom. The van der Waals surface area contributed by atoms with Crippen molar-refractivity contribution in [1.82, 2.24) is 9.97 Å². The molecule has 0 spiro atoms. The van der Waals surface area contributed by atoms with E-state index in [1.165, 1.54) is 12.1 Å². The zero-order valence-corrected chi connectivity index (χ0v) is 15.6. The van der Waals surface area contributed by atoms with Crippen LogP contribution >= 0.6 is 0 Å². The van der Waals surface area contributed by atoms with Crippen molar-refractivity contribution < 1.29 is 23.2 Å². The van der Waals surface area contributed by atoms with E-state index in [1.54, 1.807) is 19.1 Å². The van der Waals surface area contributed by atoms with E-state index in [-0.39, 0.29) is 29.5 Å². The molecule has 0 bridgehead atoms. The minimum Gasteiger partial charge on any atom is -0.462 e. The van der Waals surface area contributed by atoms with Gasteiger partial charge in [0.15, 0.2) is 0 Å². The lowest BCUT2D eigenvalue weighted by Crippen LogP contribution is -2.07. The lowest BCUT2D eigenvalue weighted by atomic mass is 10.2. The van der Waals surface area contributed by atoms with Crippen LogP contribution in [0.25, 0.3) is 0 Å². The summed E-state index contributed by atoms with van der Waals surface area (Å²) in [6.45, 7) is 1.87. The average Bonchev–Trinajstić information content (AvgIpc) is 2.70. The molecule has 2 N–H and O–H groups in total. The van der Waals surface area contributed by atoms with Crippen LogP contribution in [0.5, 0.6) is 0 Å². The fourth-order valence-electron chi connectivity index (χ4n) is 2.53. The number of ether oxygens (including phenoxy) is 1. The molecule has 0 fully saturated rings. The molecule has 0 unspecified atom stereocenters. The van der Waals surface area contributed by atoms with Gasteiger partial charge in [0.2, 0.25) is 11.6 Å². The summed E-state index contributed by atoms with van der Waals surface area (Å²) in [6.07, 6.45) is 1.04. The van der Waals surface area contributed by atoms with E-state index in [0.717, 1.165) is 18.5 Å². The van der Waals surface area contributed by atoms with Crippen molar-refractivity contribution in [2.75, 3.05) is 17.2 Å². The van der Waals surface area contributed by atoms with Gasteiger partial charge in [-0.3, -0.25) is 10.1 Å². The summed E-state index contributed by atoms with van der Waals surface area (Å²) < 4.78 is 31.9. The first kappa shape index (κ1) is 20.6. The third kappa shape index (κ3) is 4.63. The topological polar surface area (TPSA) is 119 Å². The number of anilines is 4. The van der Waals surface area contributed by atoms with Gasteiger partial charge in [-0.05, 0) is 37.3 Å². The van der Waals surface area contributed by atoms with Gasteiger partial charge in [0.25, 0.3) is 0 Å². The molecule has 0 aliphatic rings. The highest BCUT2D eigenvalue weighted by Gasteiger charge is 2.24. The van der Waals surface area contributed by atoms with Gasteiger partial charge in [-0.25, -0.2) is 23.5 Å². The van der Waals surface area contributed by atoms with E-state index < -0.39 is 28.2 Å². The maximum atomic E-state index is 13.9. The highest BCUT2D eigenvalue weighted by molar-refractivity contribution is 5.91. The van der Waals surface area contributed by atoms with Crippen LogP contribution in [0.15, 0.2) is 48.8 Å². The van der Waals surface area contributed by atoms with E-state index in [9.17, 15) is 23.7 Å². The Morgan fingerprint density at radius 3 is 2.53 bits per heavy atom. The summed E-state index contributed by atoms with van der Waals surface area (Å²) in [7, 11) is 0. The zero-order valence-electron chi connectivity index (χ0n) is 15.6. The molecular formula is C19H15F2N5O4. The monoisotopic (exact) mass is 415 g/mol. The number of nitrogens with zero attached hydrogens (tertiary/aromatic N) is 3. The molecule has 0 saturated carbocycles. The Kier molecular flexibility index (Phi) is 6.11. The molecule has 0 aliphatic carbocycles. The van der Waals surface area contributed by atoms with E-state index in [4.69, 9.17) is 4.74 Å². The Bertz CT molecular complexity index is 1110. The Morgan fingerprint density at radius 2 is 1.87 bits per heavy atom. The first-order chi connectivity index (χ1) is 14.4. The van der Waals surface area contributed by atoms with E-state index >= 15 is 0 Å². The lowest BCUT2D eigenvalue weighted by molar-refractivity contribution is -0.383. The van der Waals surface area contributed by atoms with Crippen LogP contribution < -0.4 is 10.6 Å².